The highest BCUT2D eigenvalue weighted by Gasteiger charge is 2.39. The molecule has 0 N–H and O–H groups in total. The second-order valence-corrected chi connectivity index (χ2v) is 12.5. The van der Waals surface area contributed by atoms with E-state index in [0.29, 0.717) is 0 Å². The maximum atomic E-state index is 5.21. The van der Waals surface area contributed by atoms with E-state index in [1.165, 1.54) is 55.5 Å². The van der Waals surface area contributed by atoms with E-state index in [-0.39, 0.29) is 5.41 Å². The van der Waals surface area contributed by atoms with Gasteiger partial charge in [-0.2, -0.15) is 0 Å². The normalized spacial score (nSPS) is 13.3. The van der Waals surface area contributed by atoms with Crippen LogP contribution in [0.5, 0.6) is 0 Å². The van der Waals surface area contributed by atoms with Gasteiger partial charge in [-0.1, -0.05) is 117 Å². The monoisotopic (exact) mass is 575 g/mol. The van der Waals surface area contributed by atoms with Crippen LogP contribution in [0.25, 0.3) is 77.3 Å². The minimum atomic E-state index is -0.148. The van der Waals surface area contributed by atoms with Crippen LogP contribution in [0, 0.1) is 0 Å². The Morgan fingerprint density at radius 1 is 0.511 bits per heavy atom. The van der Waals surface area contributed by atoms with Gasteiger partial charge in [0.05, 0.1) is 22.2 Å². The number of fused-ring (bicyclic) bond motifs is 7. The van der Waals surface area contributed by atoms with Gasteiger partial charge in [0.15, 0.2) is 0 Å². The molecule has 0 unspecified atom stereocenters. The van der Waals surface area contributed by atoms with Gasteiger partial charge in [0.25, 0.3) is 0 Å². The van der Waals surface area contributed by atoms with Crippen molar-refractivity contribution in [2.24, 2.45) is 0 Å². The summed E-state index contributed by atoms with van der Waals surface area (Å²) in [6.07, 6.45) is 3.68. The number of rotatable bonds is 3. The molecule has 3 nitrogen and oxygen atoms in total. The van der Waals surface area contributed by atoms with Crippen molar-refractivity contribution < 1.29 is 0 Å². The highest BCUT2D eigenvalue weighted by atomic mass is 14.7. The summed E-state index contributed by atoms with van der Waals surface area (Å²) in [6, 6.07) is 45.7. The summed E-state index contributed by atoms with van der Waals surface area (Å²) >= 11 is 0. The number of benzene rings is 5. The lowest BCUT2D eigenvalue weighted by molar-refractivity contribution is 0.662. The fourth-order valence-electron chi connectivity index (χ4n) is 7.37. The number of para-hydroxylation sites is 1. The van der Waals surface area contributed by atoms with Crippen LogP contribution in [-0.2, 0) is 5.41 Å². The maximum Gasteiger partial charge on any atom is 0.0970 e. The standard InChI is InChI=1S/C42H29N3/c1-42(2)35-13-5-3-10-32(35)40-38(42)37(33-11-4-6-14-36(33)45-40)29-21-17-27(18-22-29)26-15-19-28(20-16-26)34-25-30-9-7-23-43-39(30)41-31(34)12-8-24-44-41/h3-25H,1-2H3. The topological polar surface area (TPSA) is 38.7 Å². The molecule has 3 heteroatoms. The fraction of sp³-hybridized carbons (Fsp3) is 0.0714. The summed E-state index contributed by atoms with van der Waals surface area (Å²) in [5.74, 6) is 0. The van der Waals surface area contributed by atoms with E-state index in [9.17, 15) is 0 Å². The first-order chi connectivity index (χ1) is 22.1. The Labute approximate surface area is 261 Å². The average Bonchev–Trinajstić information content (AvgIpc) is 3.33. The molecule has 8 aromatic rings. The first-order valence-electron chi connectivity index (χ1n) is 15.4. The van der Waals surface area contributed by atoms with E-state index in [2.05, 4.69) is 139 Å². The van der Waals surface area contributed by atoms with Gasteiger partial charge in [0.2, 0.25) is 0 Å². The zero-order valence-corrected chi connectivity index (χ0v) is 25.1. The molecule has 0 saturated heterocycles. The van der Waals surface area contributed by atoms with Crippen molar-refractivity contribution in [3.8, 4) is 44.6 Å². The molecular formula is C42H29N3. The van der Waals surface area contributed by atoms with Crippen molar-refractivity contribution in [2.45, 2.75) is 19.3 Å². The molecule has 0 amide bonds. The third-order valence-electron chi connectivity index (χ3n) is 9.54. The molecule has 3 aromatic heterocycles. The predicted octanol–water partition coefficient (Wildman–Crippen LogP) is 10.6. The SMILES string of the molecule is CC1(C)c2ccccc2-c2nc3ccccc3c(-c3ccc(-c4ccc(-c5cc6cccnc6c6ncccc56)cc4)cc3)c21. The van der Waals surface area contributed by atoms with Crippen molar-refractivity contribution in [2.75, 3.05) is 0 Å². The van der Waals surface area contributed by atoms with Gasteiger partial charge >= 0.3 is 0 Å². The van der Waals surface area contributed by atoms with Crippen LogP contribution < -0.4 is 0 Å². The molecule has 1 aliphatic carbocycles. The molecule has 0 aliphatic heterocycles. The van der Waals surface area contributed by atoms with Crippen molar-refractivity contribution in [1.29, 1.82) is 0 Å². The molecule has 0 fully saturated rings. The zero-order valence-electron chi connectivity index (χ0n) is 25.1. The quantitative estimate of drug-likeness (QED) is 0.197. The molecule has 0 bridgehead atoms. The highest BCUT2D eigenvalue weighted by Crippen LogP contribution is 2.53. The third kappa shape index (κ3) is 3.87. The number of hydrogen-bond donors (Lipinski definition) is 0. The summed E-state index contributed by atoms with van der Waals surface area (Å²) in [4.78, 5) is 14.5. The Kier molecular flexibility index (Phi) is 5.54. The number of aromatic nitrogens is 3. The minimum absolute atomic E-state index is 0.148. The van der Waals surface area contributed by atoms with Crippen LogP contribution >= 0.6 is 0 Å². The molecule has 0 saturated carbocycles. The lowest BCUT2D eigenvalue weighted by Crippen LogP contribution is -2.16. The molecule has 9 rings (SSSR count). The first kappa shape index (κ1) is 25.8. The molecule has 0 atom stereocenters. The molecule has 0 spiro atoms. The Hall–Kier alpha value is -5.67. The van der Waals surface area contributed by atoms with Crippen LogP contribution in [0.15, 0.2) is 140 Å². The Balaban J connectivity index is 1.13. The summed E-state index contributed by atoms with van der Waals surface area (Å²) in [5.41, 5.74) is 15.0. The van der Waals surface area contributed by atoms with E-state index in [1.807, 2.05) is 24.5 Å². The van der Waals surface area contributed by atoms with E-state index in [4.69, 9.17) is 4.98 Å². The first-order valence-corrected chi connectivity index (χ1v) is 15.4. The molecule has 5 aromatic carbocycles. The highest BCUT2D eigenvalue weighted by molar-refractivity contribution is 6.10. The number of nitrogens with zero attached hydrogens (tertiary/aromatic N) is 3. The Bertz CT molecular complexity index is 2440. The zero-order chi connectivity index (χ0) is 30.1. The summed E-state index contributed by atoms with van der Waals surface area (Å²) in [5, 5.41) is 3.41. The third-order valence-corrected chi connectivity index (χ3v) is 9.54. The van der Waals surface area contributed by atoms with Crippen molar-refractivity contribution in [3.05, 3.63) is 151 Å². The average molecular weight is 576 g/mol. The predicted molar refractivity (Wildman–Crippen MR) is 186 cm³/mol. The molecule has 45 heavy (non-hydrogen) atoms. The molecule has 212 valence electrons. The van der Waals surface area contributed by atoms with Gasteiger partial charge < -0.3 is 0 Å². The van der Waals surface area contributed by atoms with E-state index in [1.54, 1.807) is 0 Å². The van der Waals surface area contributed by atoms with Crippen molar-refractivity contribution in [3.63, 3.8) is 0 Å². The molecule has 3 heterocycles. The van der Waals surface area contributed by atoms with Crippen LogP contribution in [-0.4, -0.2) is 15.0 Å². The summed E-state index contributed by atoms with van der Waals surface area (Å²) < 4.78 is 0. The molecule has 0 radical (unpaired) electrons. The number of pyridine rings is 3. The van der Waals surface area contributed by atoms with Gasteiger partial charge in [0, 0.05) is 39.5 Å². The van der Waals surface area contributed by atoms with Gasteiger partial charge in [0.1, 0.15) is 0 Å². The van der Waals surface area contributed by atoms with Gasteiger partial charge in [-0.15, -0.1) is 0 Å². The summed E-state index contributed by atoms with van der Waals surface area (Å²) in [7, 11) is 0. The lowest BCUT2D eigenvalue weighted by atomic mass is 9.78. The number of hydrogen-bond acceptors (Lipinski definition) is 3. The summed E-state index contributed by atoms with van der Waals surface area (Å²) in [6.45, 7) is 4.66. The maximum absolute atomic E-state index is 5.21. The lowest BCUT2D eigenvalue weighted by Gasteiger charge is -2.25. The minimum Gasteiger partial charge on any atom is -0.254 e. The second kappa shape index (κ2) is 9.67. The largest absolute Gasteiger partial charge is 0.254 e. The van der Waals surface area contributed by atoms with Gasteiger partial charge in [-0.05, 0) is 68.8 Å². The van der Waals surface area contributed by atoms with Crippen molar-refractivity contribution >= 4 is 32.7 Å². The molecular weight excluding hydrogens is 546 g/mol. The fourth-order valence-corrected chi connectivity index (χ4v) is 7.37. The van der Waals surface area contributed by atoms with E-state index >= 15 is 0 Å². The van der Waals surface area contributed by atoms with Crippen molar-refractivity contribution in [1.82, 2.24) is 15.0 Å². The van der Waals surface area contributed by atoms with Crippen LogP contribution in [0.2, 0.25) is 0 Å². The second-order valence-electron chi connectivity index (χ2n) is 12.5. The molecule has 1 aliphatic rings. The van der Waals surface area contributed by atoms with Crippen LogP contribution in [0.4, 0.5) is 0 Å². The van der Waals surface area contributed by atoms with Gasteiger partial charge in [-0.3, -0.25) is 9.97 Å². The Morgan fingerprint density at radius 3 is 1.93 bits per heavy atom. The Morgan fingerprint density at radius 2 is 1.13 bits per heavy atom. The van der Waals surface area contributed by atoms with Gasteiger partial charge in [-0.25, -0.2) is 4.98 Å². The van der Waals surface area contributed by atoms with E-state index in [0.717, 1.165) is 33.0 Å². The van der Waals surface area contributed by atoms with Crippen LogP contribution in [0.1, 0.15) is 25.0 Å². The van der Waals surface area contributed by atoms with Crippen LogP contribution in [0.3, 0.4) is 0 Å². The van der Waals surface area contributed by atoms with E-state index < -0.39 is 0 Å². The smallest absolute Gasteiger partial charge is 0.0970 e.